The van der Waals surface area contributed by atoms with Crippen LogP contribution in [0, 0.1) is 5.82 Å². The van der Waals surface area contributed by atoms with E-state index >= 15 is 0 Å². The van der Waals surface area contributed by atoms with E-state index in [0.717, 1.165) is 28.5 Å². The number of rotatable bonds is 5. The minimum Gasteiger partial charge on any atom is -0.350 e. The topological polar surface area (TPSA) is 125 Å². The zero-order valence-corrected chi connectivity index (χ0v) is 19.4. The molecule has 1 saturated carbocycles. The average Bonchev–Trinajstić information content (AvgIpc) is 3.48. The smallest absolute Gasteiger partial charge is 0.323 e. The van der Waals surface area contributed by atoms with Gasteiger partial charge in [0, 0.05) is 30.9 Å². The summed E-state index contributed by atoms with van der Waals surface area (Å²) < 4.78 is 40.9. The van der Waals surface area contributed by atoms with Crippen LogP contribution in [0.2, 0.25) is 0 Å². The van der Waals surface area contributed by atoms with E-state index in [-0.39, 0.29) is 29.4 Å². The van der Waals surface area contributed by atoms with Gasteiger partial charge in [-0.15, -0.1) is 11.3 Å². The number of carbonyl (C=O) groups is 2. The summed E-state index contributed by atoms with van der Waals surface area (Å²) in [7, 11) is -3.98. The predicted octanol–water partition coefficient (Wildman–Crippen LogP) is 2.14. The highest BCUT2D eigenvalue weighted by atomic mass is 32.2. The zero-order chi connectivity index (χ0) is 23.6. The second-order valence-electron chi connectivity index (χ2n) is 8.17. The number of benzene rings is 1. The van der Waals surface area contributed by atoms with Crippen LogP contribution < -0.4 is 16.4 Å². The van der Waals surface area contributed by atoms with Crippen LogP contribution in [0.4, 0.5) is 14.9 Å². The summed E-state index contributed by atoms with van der Waals surface area (Å²) in [6.45, 7) is 0.00988. The van der Waals surface area contributed by atoms with Gasteiger partial charge in [0.25, 0.3) is 15.9 Å². The lowest BCUT2D eigenvalue weighted by atomic mass is 9.92. The molecule has 12 heteroatoms. The number of halogens is 1. The SMILES string of the molecule is NC1CCC(NC(=O)C2N(C(=O)Nc3ccc(F)cc3)CCN2S(=O)(=O)c2cccs2)CC1. The monoisotopic (exact) mass is 495 g/mol. The molecule has 1 aliphatic carbocycles. The lowest BCUT2D eigenvalue weighted by Crippen LogP contribution is -2.56. The molecule has 9 nitrogen and oxygen atoms in total. The fourth-order valence-corrected chi connectivity index (χ4v) is 6.80. The molecule has 3 amide bonds. The van der Waals surface area contributed by atoms with E-state index in [1.165, 1.54) is 35.2 Å². The number of nitrogens with two attached hydrogens (primary N) is 1. The van der Waals surface area contributed by atoms with Crippen LogP contribution in [0.1, 0.15) is 25.7 Å². The first-order valence-corrected chi connectivity index (χ1v) is 13.0. The van der Waals surface area contributed by atoms with Crippen molar-refractivity contribution in [3.05, 3.63) is 47.6 Å². The Hall–Kier alpha value is -2.54. The van der Waals surface area contributed by atoms with Gasteiger partial charge in [-0.2, -0.15) is 4.31 Å². The van der Waals surface area contributed by atoms with Crippen molar-refractivity contribution in [1.29, 1.82) is 0 Å². The van der Waals surface area contributed by atoms with Crippen molar-refractivity contribution in [3.63, 3.8) is 0 Å². The molecule has 4 N–H and O–H groups in total. The Labute approximate surface area is 195 Å². The summed E-state index contributed by atoms with van der Waals surface area (Å²) in [4.78, 5) is 27.5. The van der Waals surface area contributed by atoms with E-state index in [9.17, 15) is 22.4 Å². The maximum Gasteiger partial charge on any atom is 0.323 e. The van der Waals surface area contributed by atoms with Gasteiger partial charge in [-0.05, 0) is 61.4 Å². The Morgan fingerprint density at radius 2 is 1.76 bits per heavy atom. The van der Waals surface area contributed by atoms with Gasteiger partial charge in [0.2, 0.25) is 0 Å². The van der Waals surface area contributed by atoms with Gasteiger partial charge >= 0.3 is 6.03 Å². The summed E-state index contributed by atoms with van der Waals surface area (Å²) in [5.41, 5.74) is 6.28. The average molecular weight is 496 g/mol. The molecule has 0 radical (unpaired) electrons. The van der Waals surface area contributed by atoms with Crippen molar-refractivity contribution >= 4 is 39.0 Å². The van der Waals surface area contributed by atoms with Gasteiger partial charge in [-0.3, -0.25) is 9.69 Å². The van der Waals surface area contributed by atoms with Crippen molar-refractivity contribution in [1.82, 2.24) is 14.5 Å². The maximum atomic E-state index is 13.3. The van der Waals surface area contributed by atoms with Gasteiger partial charge < -0.3 is 16.4 Å². The van der Waals surface area contributed by atoms with Gasteiger partial charge in [0.15, 0.2) is 6.17 Å². The highest BCUT2D eigenvalue weighted by Gasteiger charge is 2.47. The molecule has 1 saturated heterocycles. The Morgan fingerprint density at radius 1 is 1.06 bits per heavy atom. The Kier molecular flexibility index (Phi) is 6.98. The summed E-state index contributed by atoms with van der Waals surface area (Å²) in [5.74, 6) is -1.01. The fourth-order valence-electron chi connectivity index (χ4n) is 4.14. The second-order valence-corrected chi connectivity index (χ2v) is 11.2. The van der Waals surface area contributed by atoms with Gasteiger partial charge in [0.1, 0.15) is 10.0 Å². The van der Waals surface area contributed by atoms with E-state index in [1.807, 2.05) is 0 Å². The number of thiophene rings is 1. The van der Waals surface area contributed by atoms with E-state index in [4.69, 9.17) is 5.73 Å². The molecule has 2 heterocycles. The van der Waals surface area contributed by atoms with Crippen molar-refractivity contribution < 1.29 is 22.4 Å². The van der Waals surface area contributed by atoms with Crippen molar-refractivity contribution in [3.8, 4) is 0 Å². The van der Waals surface area contributed by atoms with Gasteiger partial charge in [-0.25, -0.2) is 17.6 Å². The number of nitrogens with zero attached hydrogens (tertiary/aromatic N) is 2. The molecule has 1 aliphatic heterocycles. The number of anilines is 1. The van der Waals surface area contributed by atoms with Crippen LogP contribution in [0.15, 0.2) is 46.0 Å². The quantitative estimate of drug-likeness (QED) is 0.586. The first-order chi connectivity index (χ1) is 15.8. The number of nitrogens with one attached hydrogen (secondary N) is 2. The lowest BCUT2D eigenvalue weighted by molar-refractivity contribution is -0.128. The number of hydrogen-bond donors (Lipinski definition) is 3. The molecule has 33 heavy (non-hydrogen) atoms. The van der Waals surface area contributed by atoms with E-state index in [2.05, 4.69) is 10.6 Å². The normalized spacial score (nSPS) is 23.9. The molecule has 0 spiro atoms. The molecular weight excluding hydrogens is 469 g/mol. The summed E-state index contributed by atoms with van der Waals surface area (Å²) in [6.07, 6.45) is 1.58. The maximum absolute atomic E-state index is 13.3. The minimum atomic E-state index is -3.98. The summed E-state index contributed by atoms with van der Waals surface area (Å²) >= 11 is 1.05. The zero-order valence-electron chi connectivity index (χ0n) is 17.8. The van der Waals surface area contributed by atoms with E-state index in [0.29, 0.717) is 18.5 Å². The first kappa shape index (κ1) is 23.6. The number of amides is 3. The summed E-state index contributed by atoms with van der Waals surface area (Å²) in [5, 5.41) is 7.17. The highest BCUT2D eigenvalue weighted by molar-refractivity contribution is 7.91. The highest BCUT2D eigenvalue weighted by Crippen LogP contribution is 2.28. The van der Waals surface area contributed by atoms with E-state index in [1.54, 1.807) is 11.4 Å². The molecule has 2 fully saturated rings. The number of urea groups is 1. The fraction of sp³-hybridized carbons (Fsp3) is 0.429. The Balaban J connectivity index is 1.57. The van der Waals surface area contributed by atoms with Crippen molar-refractivity contribution in [2.24, 2.45) is 5.73 Å². The van der Waals surface area contributed by atoms with Crippen LogP contribution >= 0.6 is 11.3 Å². The molecule has 2 aromatic rings. The third kappa shape index (κ3) is 5.18. The third-order valence-corrected chi connectivity index (χ3v) is 9.12. The largest absolute Gasteiger partial charge is 0.350 e. The predicted molar refractivity (Wildman–Crippen MR) is 122 cm³/mol. The Morgan fingerprint density at radius 3 is 2.39 bits per heavy atom. The molecular formula is C21H26FN5O4S2. The Bertz CT molecular complexity index is 1090. The molecule has 1 atom stereocenters. The minimum absolute atomic E-state index is 0.0231. The number of hydrogen-bond acceptors (Lipinski definition) is 6. The third-order valence-electron chi connectivity index (χ3n) is 5.90. The van der Waals surface area contributed by atoms with Crippen LogP contribution in [-0.4, -0.2) is 60.9 Å². The summed E-state index contributed by atoms with van der Waals surface area (Å²) in [6, 6.07) is 7.59. The molecule has 1 unspecified atom stereocenters. The number of sulfonamides is 1. The molecule has 1 aromatic heterocycles. The molecule has 4 rings (SSSR count). The van der Waals surface area contributed by atoms with Gasteiger partial charge in [-0.1, -0.05) is 6.07 Å². The molecule has 178 valence electrons. The van der Waals surface area contributed by atoms with Crippen LogP contribution in [0.5, 0.6) is 0 Å². The standard InChI is InChI=1S/C21H26FN5O4S2/c22-14-3-7-17(8-4-14)25-21(29)26-11-12-27(33(30,31)18-2-1-13-32-18)20(26)19(28)24-16-9-5-15(23)6-10-16/h1-4,7-8,13,15-16,20H,5-6,9-12,23H2,(H,24,28)(H,25,29). The van der Waals surface area contributed by atoms with E-state index < -0.39 is 33.9 Å². The molecule has 0 bridgehead atoms. The number of carbonyl (C=O) groups excluding carboxylic acids is 2. The molecule has 2 aliphatic rings. The van der Waals surface area contributed by atoms with Crippen molar-refractivity contribution in [2.75, 3.05) is 18.4 Å². The van der Waals surface area contributed by atoms with Gasteiger partial charge in [0.05, 0.1) is 0 Å². The second kappa shape index (κ2) is 9.75. The van der Waals surface area contributed by atoms with Crippen LogP contribution in [0.3, 0.4) is 0 Å². The van der Waals surface area contributed by atoms with Crippen molar-refractivity contribution in [2.45, 2.75) is 48.1 Å². The van der Waals surface area contributed by atoms with Crippen LogP contribution in [-0.2, 0) is 14.8 Å². The first-order valence-electron chi connectivity index (χ1n) is 10.7. The molecule has 1 aromatic carbocycles. The lowest BCUT2D eigenvalue weighted by Gasteiger charge is -2.32. The van der Waals surface area contributed by atoms with Crippen LogP contribution in [0.25, 0.3) is 0 Å².